The van der Waals surface area contributed by atoms with Gasteiger partial charge in [-0.2, -0.15) is 0 Å². The molecule has 4 rings (SSSR count). The second kappa shape index (κ2) is 9.83. The van der Waals surface area contributed by atoms with Crippen molar-refractivity contribution in [1.82, 2.24) is 15.0 Å². The number of rotatable bonds is 6. The lowest BCUT2D eigenvalue weighted by Crippen LogP contribution is -2.32. The summed E-state index contributed by atoms with van der Waals surface area (Å²) >= 11 is 0. The van der Waals surface area contributed by atoms with Crippen LogP contribution in [0.3, 0.4) is 0 Å². The fraction of sp³-hybridized carbons (Fsp3) is 0.423. The summed E-state index contributed by atoms with van der Waals surface area (Å²) in [4.78, 5) is 16.0. The molecule has 3 N–H and O–H groups in total. The van der Waals surface area contributed by atoms with Gasteiger partial charge in [-0.3, -0.25) is 4.98 Å². The normalized spacial score (nSPS) is 15.6. The maximum Gasteiger partial charge on any atom is 0.172 e. The summed E-state index contributed by atoms with van der Waals surface area (Å²) in [5.41, 5.74) is 1.58. The Morgan fingerprint density at radius 2 is 1.80 bits per heavy atom. The lowest BCUT2D eigenvalue weighted by atomic mass is 9.98. The van der Waals surface area contributed by atoms with Crippen LogP contribution in [0.2, 0.25) is 0 Å². The quantitative estimate of drug-likeness (QED) is 0.471. The highest BCUT2D eigenvalue weighted by Crippen LogP contribution is 2.31. The van der Waals surface area contributed by atoms with Crippen molar-refractivity contribution in [3.8, 4) is 0 Å². The zero-order chi connectivity index (χ0) is 25.3. The summed E-state index contributed by atoms with van der Waals surface area (Å²) in [7, 11) is 0. The lowest BCUT2D eigenvalue weighted by molar-refractivity contribution is -0.0516. The smallest absolute Gasteiger partial charge is 0.172 e. The number of nitrogens with one attached hydrogen (secondary N) is 1. The molecule has 1 atom stereocenters. The van der Waals surface area contributed by atoms with Gasteiger partial charge in [0.05, 0.1) is 23.0 Å². The largest absolute Gasteiger partial charge is 0.387 e. The third kappa shape index (κ3) is 5.74. The molecule has 1 saturated heterocycles. The summed E-state index contributed by atoms with van der Waals surface area (Å²) < 4.78 is 27.3. The summed E-state index contributed by atoms with van der Waals surface area (Å²) in [5.74, 6) is 0.171. The van der Waals surface area contributed by atoms with E-state index in [2.05, 4.69) is 15.2 Å². The van der Waals surface area contributed by atoms with Crippen molar-refractivity contribution in [2.45, 2.75) is 58.3 Å². The molecule has 186 valence electrons. The standard InChI is InChI=1S/C26H31F2N5O2/c1-15(2)30-24-25(32-20-13-21(23(34)26(3,4)35)29-14-22(20)31-24)33-9-7-16(8-10-33)11-17-5-6-18(27)12-19(17)28/h5-6,11-15,23,34-35H,7-10H2,1-4H3,(H,30,31). The van der Waals surface area contributed by atoms with Crippen LogP contribution in [0.15, 0.2) is 36.0 Å². The predicted octanol–water partition coefficient (Wildman–Crippen LogP) is 4.61. The Labute approximate surface area is 203 Å². The van der Waals surface area contributed by atoms with Gasteiger partial charge in [-0.1, -0.05) is 11.6 Å². The van der Waals surface area contributed by atoms with E-state index in [1.165, 1.54) is 26.0 Å². The van der Waals surface area contributed by atoms with E-state index in [1.54, 1.807) is 18.3 Å². The first-order chi connectivity index (χ1) is 16.5. The molecule has 0 amide bonds. The number of anilines is 2. The topological polar surface area (TPSA) is 94.4 Å². The van der Waals surface area contributed by atoms with Gasteiger partial charge in [0, 0.05) is 30.8 Å². The zero-order valence-corrected chi connectivity index (χ0v) is 20.4. The van der Waals surface area contributed by atoms with Crippen molar-refractivity contribution < 1.29 is 19.0 Å². The van der Waals surface area contributed by atoms with E-state index in [0.29, 0.717) is 59.9 Å². The second-order valence-corrected chi connectivity index (χ2v) is 9.80. The first kappa shape index (κ1) is 24.9. The number of hydrogen-bond donors (Lipinski definition) is 3. The molecule has 35 heavy (non-hydrogen) atoms. The number of aliphatic hydroxyl groups is 2. The Morgan fingerprint density at radius 3 is 2.43 bits per heavy atom. The number of fused-ring (bicyclic) bond motifs is 1. The van der Waals surface area contributed by atoms with E-state index in [9.17, 15) is 19.0 Å². The number of nitrogens with zero attached hydrogens (tertiary/aromatic N) is 4. The van der Waals surface area contributed by atoms with Gasteiger partial charge in [0.1, 0.15) is 23.3 Å². The van der Waals surface area contributed by atoms with Crippen molar-refractivity contribution in [1.29, 1.82) is 0 Å². The highest BCUT2D eigenvalue weighted by Gasteiger charge is 2.28. The summed E-state index contributed by atoms with van der Waals surface area (Å²) in [6.45, 7) is 8.40. The van der Waals surface area contributed by atoms with Crippen LogP contribution in [-0.2, 0) is 0 Å². The molecule has 0 radical (unpaired) electrons. The van der Waals surface area contributed by atoms with Crippen LogP contribution >= 0.6 is 0 Å². The number of piperidine rings is 1. The van der Waals surface area contributed by atoms with Crippen LogP contribution in [-0.4, -0.2) is 49.9 Å². The van der Waals surface area contributed by atoms with Crippen LogP contribution < -0.4 is 10.2 Å². The molecular weight excluding hydrogens is 452 g/mol. The molecule has 3 aromatic rings. The Hall–Kier alpha value is -3.17. The Balaban J connectivity index is 1.63. The number of benzene rings is 1. The molecule has 2 aromatic heterocycles. The van der Waals surface area contributed by atoms with Gasteiger partial charge in [-0.05, 0) is 58.7 Å². The van der Waals surface area contributed by atoms with Crippen LogP contribution in [0.25, 0.3) is 17.1 Å². The summed E-state index contributed by atoms with van der Waals surface area (Å²) in [6, 6.07) is 5.40. The fourth-order valence-electron chi connectivity index (χ4n) is 4.06. The molecule has 9 heteroatoms. The van der Waals surface area contributed by atoms with Gasteiger partial charge < -0.3 is 20.4 Å². The number of halogens is 2. The van der Waals surface area contributed by atoms with Gasteiger partial charge in [-0.15, -0.1) is 0 Å². The molecule has 1 aromatic carbocycles. The maximum absolute atomic E-state index is 14.1. The van der Waals surface area contributed by atoms with Gasteiger partial charge in [-0.25, -0.2) is 18.7 Å². The molecule has 0 spiro atoms. The molecule has 1 unspecified atom stereocenters. The lowest BCUT2D eigenvalue weighted by Gasteiger charge is -2.31. The number of aromatic nitrogens is 3. The van der Waals surface area contributed by atoms with E-state index >= 15 is 0 Å². The molecule has 0 bridgehead atoms. The Kier molecular flexibility index (Phi) is 7.00. The minimum atomic E-state index is -1.35. The zero-order valence-electron chi connectivity index (χ0n) is 20.4. The van der Waals surface area contributed by atoms with Gasteiger partial charge in [0.25, 0.3) is 0 Å². The SMILES string of the molecule is CC(C)Nc1nc2cnc(C(O)C(C)(C)O)cc2nc1N1CCC(=Cc2ccc(F)cc2F)CC1. The van der Waals surface area contributed by atoms with Crippen molar-refractivity contribution in [2.75, 3.05) is 23.3 Å². The second-order valence-electron chi connectivity index (χ2n) is 9.80. The highest BCUT2D eigenvalue weighted by atomic mass is 19.1. The monoisotopic (exact) mass is 483 g/mol. The van der Waals surface area contributed by atoms with Gasteiger partial charge >= 0.3 is 0 Å². The first-order valence-electron chi connectivity index (χ1n) is 11.8. The number of hydrogen-bond acceptors (Lipinski definition) is 7. The summed E-state index contributed by atoms with van der Waals surface area (Å²) in [5, 5.41) is 24.0. The third-order valence-corrected chi connectivity index (χ3v) is 5.96. The average Bonchev–Trinajstić information content (AvgIpc) is 2.79. The van der Waals surface area contributed by atoms with Crippen molar-refractivity contribution in [3.63, 3.8) is 0 Å². The molecule has 3 heterocycles. The average molecular weight is 484 g/mol. The van der Waals surface area contributed by atoms with Gasteiger partial charge in [0.15, 0.2) is 11.6 Å². The third-order valence-electron chi connectivity index (χ3n) is 5.96. The first-order valence-corrected chi connectivity index (χ1v) is 11.8. The Morgan fingerprint density at radius 1 is 1.09 bits per heavy atom. The molecule has 1 aliphatic heterocycles. The van der Waals surface area contributed by atoms with E-state index in [-0.39, 0.29) is 6.04 Å². The fourth-order valence-corrected chi connectivity index (χ4v) is 4.06. The minimum Gasteiger partial charge on any atom is -0.387 e. The number of aliphatic hydroxyl groups excluding tert-OH is 1. The van der Waals surface area contributed by atoms with Gasteiger partial charge in [0.2, 0.25) is 0 Å². The molecule has 0 aliphatic carbocycles. The Bertz CT molecular complexity index is 1250. The van der Waals surface area contributed by atoms with Crippen LogP contribution in [0.5, 0.6) is 0 Å². The summed E-state index contributed by atoms with van der Waals surface area (Å²) in [6.07, 6.45) is 3.59. The molecule has 0 saturated carbocycles. The highest BCUT2D eigenvalue weighted by molar-refractivity contribution is 5.80. The van der Waals surface area contributed by atoms with Crippen LogP contribution in [0.1, 0.15) is 57.9 Å². The maximum atomic E-state index is 14.1. The molecule has 1 aliphatic rings. The van der Waals surface area contributed by atoms with E-state index in [4.69, 9.17) is 9.97 Å². The van der Waals surface area contributed by atoms with E-state index in [1.807, 2.05) is 13.8 Å². The van der Waals surface area contributed by atoms with E-state index < -0.39 is 23.3 Å². The van der Waals surface area contributed by atoms with Crippen LogP contribution in [0.4, 0.5) is 20.4 Å². The van der Waals surface area contributed by atoms with Crippen molar-refractivity contribution >= 4 is 28.7 Å². The number of pyridine rings is 1. The van der Waals surface area contributed by atoms with Crippen molar-refractivity contribution in [3.05, 3.63) is 58.9 Å². The van der Waals surface area contributed by atoms with Crippen molar-refractivity contribution in [2.24, 2.45) is 0 Å². The minimum absolute atomic E-state index is 0.131. The van der Waals surface area contributed by atoms with Crippen LogP contribution in [0, 0.1) is 11.6 Å². The van der Waals surface area contributed by atoms with E-state index in [0.717, 1.165) is 11.6 Å². The molecule has 7 nitrogen and oxygen atoms in total. The molecular formula is C26H31F2N5O2. The molecule has 1 fully saturated rings. The predicted molar refractivity (Wildman–Crippen MR) is 133 cm³/mol.